The molecule has 96 valence electrons. The summed E-state index contributed by atoms with van der Waals surface area (Å²) in [6.07, 6.45) is 2.96. The van der Waals surface area contributed by atoms with Crippen LogP contribution in [-0.2, 0) is 0 Å². The lowest BCUT2D eigenvalue weighted by molar-refractivity contribution is 0.391. The third-order valence-corrected chi connectivity index (χ3v) is 3.34. The second-order valence-corrected chi connectivity index (χ2v) is 4.55. The molecule has 18 heavy (non-hydrogen) atoms. The highest BCUT2D eigenvalue weighted by atomic mass is 15.5. The summed E-state index contributed by atoms with van der Waals surface area (Å²) < 4.78 is 0. The SMILES string of the molecule is CCC(C)C(NC)c1cnn(-c2ccccc2)n1. The number of benzene rings is 1. The van der Waals surface area contributed by atoms with Crippen LogP contribution in [0.25, 0.3) is 5.69 Å². The van der Waals surface area contributed by atoms with Gasteiger partial charge in [0.1, 0.15) is 5.69 Å². The lowest BCUT2D eigenvalue weighted by Gasteiger charge is -2.19. The Labute approximate surface area is 108 Å². The molecule has 1 N–H and O–H groups in total. The fraction of sp³-hybridized carbons (Fsp3) is 0.429. The fourth-order valence-electron chi connectivity index (χ4n) is 2.06. The second-order valence-electron chi connectivity index (χ2n) is 4.55. The van der Waals surface area contributed by atoms with Crippen molar-refractivity contribution in [2.45, 2.75) is 26.3 Å². The van der Waals surface area contributed by atoms with Gasteiger partial charge in [-0.3, -0.25) is 0 Å². The number of aromatic nitrogens is 3. The number of para-hydroxylation sites is 1. The van der Waals surface area contributed by atoms with Crippen molar-refractivity contribution in [1.29, 1.82) is 0 Å². The van der Waals surface area contributed by atoms with Crippen molar-refractivity contribution in [3.05, 3.63) is 42.2 Å². The third-order valence-electron chi connectivity index (χ3n) is 3.34. The molecular weight excluding hydrogens is 224 g/mol. The van der Waals surface area contributed by atoms with E-state index >= 15 is 0 Å². The van der Waals surface area contributed by atoms with E-state index in [4.69, 9.17) is 0 Å². The molecule has 0 bridgehead atoms. The Morgan fingerprint density at radius 2 is 2.00 bits per heavy atom. The Hall–Kier alpha value is -1.68. The molecule has 0 saturated heterocycles. The van der Waals surface area contributed by atoms with Gasteiger partial charge in [0.2, 0.25) is 0 Å². The maximum Gasteiger partial charge on any atom is 0.100 e. The van der Waals surface area contributed by atoms with E-state index in [1.165, 1.54) is 0 Å². The van der Waals surface area contributed by atoms with Crippen molar-refractivity contribution in [1.82, 2.24) is 20.3 Å². The zero-order valence-corrected chi connectivity index (χ0v) is 11.2. The van der Waals surface area contributed by atoms with Crippen LogP contribution in [0, 0.1) is 5.92 Å². The van der Waals surface area contributed by atoms with E-state index in [0.29, 0.717) is 5.92 Å². The normalized spacial score (nSPS) is 14.4. The zero-order valence-electron chi connectivity index (χ0n) is 11.2. The summed E-state index contributed by atoms with van der Waals surface area (Å²) in [5.74, 6) is 0.538. The Kier molecular flexibility index (Phi) is 4.10. The second kappa shape index (κ2) is 5.78. The molecule has 2 rings (SSSR count). The van der Waals surface area contributed by atoms with Crippen LogP contribution in [0.3, 0.4) is 0 Å². The predicted octanol–water partition coefficient (Wildman–Crippen LogP) is 2.57. The number of rotatable bonds is 5. The summed E-state index contributed by atoms with van der Waals surface area (Å²) >= 11 is 0. The molecule has 1 aromatic heterocycles. The van der Waals surface area contributed by atoms with Crippen LogP contribution < -0.4 is 5.32 Å². The predicted molar refractivity (Wildman–Crippen MR) is 72.6 cm³/mol. The summed E-state index contributed by atoms with van der Waals surface area (Å²) in [5, 5.41) is 12.2. The highest BCUT2D eigenvalue weighted by Gasteiger charge is 2.19. The molecule has 0 amide bonds. The Morgan fingerprint density at radius 1 is 1.28 bits per heavy atom. The van der Waals surface area contributed by atoms with Crippen molar-refractivity contribution in [2.75, 3.05) is 7.05 Å². The first kappa shape index (κ1) is 12.8. The Balaban J connectivity index is 2.25. The van der Waals surface area contributed by atoms with Gasteiger partial charge in [0.15, 0.2) is 0 Å². The molecule has 0 fully saturated rings. The van der Waals surface area contributed by atoms with E-state index in [0.717, 1.165) is 17.8 Å². The van der Waals surface area contributed by atoms with Gasteiger partial charge in [-0.15, -0.1) is 0 Å². The van der Waals surface area contributed by atoms with Gasteiger partial charge in [-0.25, -0.2) is 0 Å². The number of hydrogen-bond acceptors (Lipinski definition) is 3. The summed E-state index contributed by atoms with van der Waals surface area (Å²) in [6.45, 7) is 4.42. The van der Waals surface area contributed by atoms with Crippen LogP contribution in [0.1, 0.15) is 32.0 Å². The summed E-state index contributed by atoms with van der Waals surface area (Å²) in [4.78, 5) is 1.68. The van der Waals surface area contributed by atoms with Crippen molar-refractivity contribution in [3.63, 3.8) is 0 Å². The molecule has 2 aromatic rings. The zero-order chi connectivity index (χ0) is 13.0. The minimum Gasteiger partial charge on any atom is -0.311 e. The van der Waals surface area contributed by atoms with Gasteiger partial charge < -0.3 is 5.32 Å². The molecule has 0 spiro atoms. The van der Waals surface area contributed by atoms with Gasteiger partial charge in [0, 0.05) is 0 Å². The number of hydrogen-bond donors (Lipinski definition) is 1. The molecule has 2 atom stereocenters. The van der Waals surface area contributed by atoms with Crippen molar-refractivity contribution < 1.29 is 0 Å². The van der Waals surface area contributed by atoms with E-state index in [1.807, 2.05) is 43.6 Å². The monoisotopic (exact) mass is 244 g/mol. The lowest BCUT2D eigenvalue weighted by Crippen LogP contribution is -2.23. The highest BCUT2D eigenvalue weighted by Crippen LogP contribution is 2.22. The minimum atomic E-state index is 0.257. The Bertz CT molecular complexity index is 478. The van der Waals surface area contributed by atoms with Gasteiger partial charge in [-0.05, 0) is 25.1 Å². The molecule has 0 aliphatic heterocycles. The number of nitrogens with zero attached hydrogens (tertiary/aromatic N) is 3. The molecule has 1 aromatic carbocycles. The first-order valence-electron chi connectivity index (χ1n) is 6.41. The molecule has 1 heterocycles. The largest absolute Gasteiger partial charge is 0.311 e. The van der Waals surface area contributed by atoms with Crippen LogP contribution in [0.15, 0.2) is 36.5 Å². The Morgan fingerprint density at radius 3 is 2.61 bits per heavy atom. The van der Waals surface area contributed by atoms with Crippen LogP contribution >= 0.6 is 0 Å². The van der Waals surface area contributed by atoms with E-state index in [1.54, 1.807) is 4.80 Å². The van der Waals surface area contributed by atoms with Crippen molar-refractivity contribution in [3.8, 4) is 5.69 Å². The van der Waals surface area contributed by atoms with Crippen LogP contribution in [-0.4, -0.2) is 22.0 Å². The van der Waals surface area contributed by atoms with E-state index in [2.05, 4.69) is 29.4 Å². The van der Waals surface area contributed by atoms with Gasteiger partial charge in [-0.2, -0.15) is 15.0 Å². The smallest absolute Gasteiger partial charge is 0.100 e. The fourth-order valence-corrected chi connectivity index (χ4v) is 2.06. The average molecular weight is 244 g/mol. The van der Waals surface area contributed by atoms with Gasteiger partial charge >= 0.3 is 0 Å². The summed E-state index contributed by atoms with van der Waals surface area (Å²) in [7, 11) is 1.97. The van der Waals surface area contributed by atoms with Crippen LogP contribution in [0.4, 0.5) is 0 Å². The van der Waals surface area contributed by atoms with Gasteiger partial charge in [0.05, 0.1) is 17.9 Å². The first-order valence-corrected chi connectivity index (χ1v) is 6.41. The minimum absolute atomic E-state index is 0.257. The van der Waals surface area contributed by atoms with E-state index < -0.39 is 0 Å². The topological polar surface area (TPSA) is 42.7 Å². The van der Waals surface area contributed by atoms with E-state index in [9.17, 15) is 0 Å². The van der Waals surface area contributed by atoms with Gasteiger partial charge in [0.25, 0.3) is 0 Å². The van der Waals surface area contributed by atoms with Gasteiger partial charge in [-0.1, -0.05) is 38.5 Å². The lowest BCUT2D eigenvalue weighted by atomic mass is 9.97. The van der Waals surface area contributed by atoms with Crippen LogP contribution in [0.2, 0.25) is 0 Å². The van der Waals surface area contributed by atoms with Crippen molar-refractivity contribution in [2.24, 2.45) is 5.92 Å². The molecular formula is C14H20N4. The molecule has 2 unspecified atom stereocenters. The molecule has 4 heteroatoms. The summed E-state index contributed by atoms with van der Waals surface area (Å²) in [5.41, 5.74) is 1.98. The molecule has 0 aliphatic rings. The average Bonchev–Trinajstić information content (AvgIpc) is 2.90. The summed E-state index contributed by atoms with van der Waals surface area (Å²) in [6, 6.07) is 10.2. The quantitative estimate of drug-likeness (QED) is 0.879. The maximum atomic E-state index is 4.56. The molecule has 0 radical (unpaired) electrons. The third kappa shape index (κ3) is 2.59. The van der Waals surface area contributed by atoms with E-state index in [-0.39, 0.29) is 6.04 Å². The molecule has 0 saturated carbocycles. The molecule has 0 aliphatic carbocycles. The molecule has 4 nitrogen and oxygen atoms in total. The standard InChI is InChI=1S/C14H20N4/c1-4-11(2)14(15-3)13-10-16-18(17-13)12-8-6-5-7-9-12/h5-11,14-15H,4H2,1-3H3. The van der Waals surface area contributed by atoms with Crippen LogP contribution in [0.5, 0.6) is 0 Å². The number of nitrogens with one attached hydrogen (secondary N) is 1. The van der Waals surface area contributed by atoms with Crippen molar-refractivity contribution >= 4 is 0 Å². The highest BCUT2D eigenvalue weighted by molar-refractivity contribution is 5.28. The first-order chi connectivity index (χ1) is 8.76. The maximum absolute atomic E-state index is 4.56.